The first kappa shape index (κ1) is 31.2. The lowest BCUT2D eigenvalue weighted by atomic mass is 9.84. The number of nitrogens with zero attached hydrogens (tertiary/aromatic N) is 2. The van der Waals surface area contributed by atoms with Crippen LogP contribution in [0.2, 0.25) is 10.0 Å². The van der Waals surface area contributed by atoms with Gasteiger partial charge in [0.2, 0.25) is 10.0 Å². The van der Waals surface area contributed by atoms with Crippen LogP contribution in [0.1, 0.15) is 62.1 Å². The number of benzene rings is 3. The Hall–Kier alpha value is -2.76. The molecule has 0 aromatic heterocycles. The molecule has 3 aromatic carbocycles. The van der Waals surface area contributed by atoms with E-state index in [4.69, 9.17) is 27.9 Å². The van der Waals surface area contributed by atoms with Crippen molar-refractivity contribution in [1.82, 2.24) is 9.21 Å². The smallest absolute Gasteiger partial charge is 0.410 e. The minimum atomic E-state index is -4.36. The lowest BCUT2D eigenvalue weighted by Crippen LogP contribution is -2.55. The Kier molecular flexibility index (Phi) is 8.43. The monoisotopic (exact) mass is 664 g/mol. The third-order valence-electron chi connectivity index (χ3n) is 9.12. The van der Waals surface area contributed by atoms with Gasteiger partial charge in [-0.05, 0) is 98.5 Å². The molecule has 1 aliphatic carbocycles. The number of halogens is 4. The number of aliphatic hydroxyl groups is 1. The van der Waals surface area contributed by atoms with Gasteiger partial charge in [0.15, 0.2) is 0 Å². The van der Waals surface area contributed by atoms with Gasteiger partial charge in [0.1, 0.15) is 22.1 Å². The fourth-order valence-corrected chi connectivity index (χ4v) is 9.16. The molecule has 3 aliphatic rings. The summed E-state index contributed by atoms with van der Waals surface area (Å²) in [5.41, 5.74) is -1.01. The van der Waals surface area contributed by atoms with Crippen molar-refractivity contribution in [1.29, 1.82) is 0 Å². The summed E-state index contributed by atoms with van der Waals surface area (Å²) >= 11 is 12.3. The van der Waals surface area contributed by atoms with E-state index in [-0.39, 0.29) is 23.0 Å². The molecule has 0 spiro atoms. The van der Waals surface area contributed by atoms with E-state index in [1.807, 2.05) is 0 Å². The van der Waals surface area contributed by atoms with E-state index in [2.05, 4.69) is 0 Å². The van der Waals surface area contributed by atoms with Crippen LogP contribution in [0.25, 0.3) is 0 Å². The van der Waals surface area contributed by atoms with Crippen LogP contribution in [0.15, 0.2) is 71.6 Å². The number of sulfonamides is 1. The molecule has 0 radical (unpaired) electrons. The largest absolute Gasteiger partial charge is 0.441 e. The highest BCUT2D eigenvalue weighted by atomic mass is 35.5. The maximum atomic E-state index is 14.4. The van der Waals surface area contributed by atoms with Crippen molar-refractivity contribution >= 4 is 39.3 Å². The molecule has 1 amide bonds. The van der Waals surface area contributed by atoms with Gasteiger partial charge in [0.25, 0.3) is 0 Å². The summed E-state index contributed by atoms with van der Waals surface area (Å²) in [6.07, 6.45) is 2.36. The zero-order valence-corrected chi connectivity index (χ0v) is 26.1. The molecule has 2 saturated heterocycles. The van der Waals surface area contributed by atoms with Crippen molar-refractivity contribution in [2.45, 2.75) is 73.1 Å². The van der Waals surface area contributed by atoms with Crippen LogP contribution in [-0.4, -0.2) is 53.6 Å². The molecule has 2 atom stereocenters. The van der Waals surface area contributed by atoms with Gasteiger partial charge < -0.3 is 14.7 Å². The zero-order chi connectivity index (χ0) is 31.3. The van der Waals surface area contributed by atoms with Crippen molar-refractivity contribution < 1.29 is 31.8 Å². The fourth-order valence-electron chi connectivity index (χ4n) is 6.60. The second-order valence-electron chi connectivity index (χ2n) is 11.9. The summed E-state index contributed by atoms with van der Waals surface area (Å²) in [6.45, 7) is 0.496. The van der Waals surface area contributed by atoms with Gasteiger partial charge in [-0.15, -0.1) is 0 Å². The number of carbonyl (C=O) groups excluding carboxylic acids is 1. The van der Waals surface area contributed by atoms with E-state index in [9.17, 15) is 27.1 Å². The molecule has 1 saturated carbocycles. The molecule has 7 nitrogen and oxygen atoms in total. The average Bonchev–Trinajstić information content (AvgIpc) is 3.77. The summed E-state index contributed by atoms with van der Waals surface area (Å²) in [5.74, 6) is -1.18. The number of hydrogen-bond donors (Lipinski definition) is 1. The maximum absolute atomic E-state index is 14.4. The van der Waals surface area contributed by atoms with Gasteiger partial charge in [0.05, 0.1) is 22.7 Å². The molecule has 1 N–H and O–H groups in total. The van der Waals surface area contributed by atoms with Crippen molar-refractivity contribution in [2.24, 2.45) is 0 Å². The minimum absolute atomic E-state index is 0.248. The van der Waals surface area contributed by atoms with E-state index in [0.717, 1.165) is 23.8 Å². The van der Waals surface area contributed by atoms with E-state index in [0.29, 0.717) is 55.5 Å². The Balaban J connectivity index is 1.27. The summed E-state index contributed by atoms with van der Waals surface area (Å²) in [6, 6.07) is 14.4. The van der Waals surface area contributed by atoms with Crippen molar-refractivity contribution in [3.8, 4) is 0 Å². The molecule has 3 fully saturated rings. The Labute approximate surface area is 265 Å². The molecular formula is C32H32Cl2F2N2O5S. The van der Waals surface area contributed by atoms with Gasteiger partial charge in [-0.2, -0.15) is 4.31 Å². The van der Waals surface area contributed by atoms with Crippen molar-refractivity contribution in [2.75, 3.05) is 13.1 Å². The first-order valence-electron chi connectivity index (χ1n) is 14.6. The number of piperidine rings is 2. The van der Waals surface area contributed by atoms with E-state index < -0.39 is 51.0 Å². The summed E-state index contributed by atoms with van der Waals surface area (Å²) in [5, 5.41) is 11.5. The van der Waals surface area contributed by atoms with Gasteiger partial charge in [-0.25, -0.2) is 22.0 Å². The zero-order valence-electron chi connectivity index (χ0n) is 23.8. The molecule has 0 bridgehead atoms. The average molecular weight is 666 g/mol. The molecule has 2 heterocycles. The highest BCUT2D eigenvalue weighted by Gasteiger charge is 2.60. The third-order valence-corrected chi connectivity index (χ3v) is 11.8. The van der Waals surface area contributed by atoms with E-state index in [1.54, 1.807) is 30.3 Å². The number of likely N-dealkylation sites (tertiary alicyclic amines) is 1. The van der Waals surface area contributed by atoms with Crippen molar-refractivity contribution in [3.63, 3.8) is 0 Å². The topological polar surface area (TPSA) is 87.2 Å². The number of carbonyl (C=O) groups is 1. The van der Waals surface area contributed by atoms with Crippen LogP contribution in [0, 0.1) is 11.6 Å². The number of rotatable bonds is 6. The first-order chi connectivity index (χ1) is 20.9. The summed E-state index contributed by atoms with van der Waals surface area (Å²) in [7, 11) is -4.36. The molecule has 12 heteroatoms. The predicted octanol–water partition coefficient (Wildman–Crippen LogP) is 7.21. The molecule has 6 rings (SSSR count). The SMILES string of the molecule is O=C(OC1([C@H]2CCC[C@@H](c3cccc(F)c3)N2S(=O)(=O)c2ccc(F)cc2Cl)CC1)N1CCC(O)(c2ccc(Cl)cc2)CC1. The quantitative estimate of drug-likeness (QED) is 0.301. The Morgan fingerprint density at radius 3 is 2.23 bits per heavy atom. The lowest BCUT2D eigenvalue weighted by Gasteiger charge is -2.45. The Morgan fingerprint density at radius 2 is 1.59 bits per heavy atom. The van der Waals surface area contributed by atoms with Gasteiger partial charge >= 0.3 is 6.09 Å². The van der Waals surface area contributed by atoms with Crippen LogP contribution < -0.4 is 0 Å². The Morgan fingerprint density at radius 1 is 0.909 bits per heavy atom. The first-order valence-corrected chi connectivity index (χ1v) is 16.8. The Bertz CT molecular complexity index is 1660. The van der Waals surface area contributed by atoms with Gasteiger partial charge in [-0.1, -0.05) is 47.5 Å². The standard InChI is InChI=1S/C32H32Cl2F2N2O5S/c33-23-9-7-22(8-10-23)31(40)15-17-37(18-16-31)30(39)43-32(13-14-32)29-6-2-5-27(21-3-1-4-24(35)19-21)38(29)44(41,42)28-12-11-25(36)20-26(28)34/h1,3-4,7-12,19-20,27,29,40H,2,5-6,13-18H2/t27-,29+/m0/s1. The highest BCUT2D eigenvalue weighted by molar-refractivity contribution is 7.89. The highest BCUT2D eigenvalue weighted by Crippen LogP contribution is 2.53. The van der Waals surface area contributed by atoms with Crippen molar-refractivity contribution in [3.05, 3.63) is 99.5 Å². The molecule has 0 unspecified atom stereocenters. The van der Waals surface area contributed by atoms with Crippen LogP contribution >= 0.6 is 23.2 Å². The molecule has 234 valence electrons. The van der Waals surface area contributed by atoms with Gasteiger partial charge in [-0.3, -0.25) is 0 Å². The second-order valence-corrected chi connectivity index (χ2v) is 14.5. The minimum Gasteiger partial charge on any atom is -0.441 e. The number of hydrogen-bond acceptors (Lipinski definition) is 5. The maximum Gasteiger partial charge on any atom is 0.410 e. The van der Waals surface area contributed by atoms with Crippen LogP contribution in [0.4, 0.5) is 13.6 Å². The van der Waals surface area contributed by atoms with Crippen LogP contribution in [0.5, 0.6) is 0 Å². The van der Waals surface area contributed by atoms with Crippen LogP contribution in [0.3, 0.4) is 0 Å². The van der Waals surface area contributed by atoms with E-state index in [1.165, 1.54) is 27.4 Å². The summed E-state index contributed by atoms with van der Waals surface area (Å²) in [4.78, 5) is 14.8. The second kappa shape index (κ2) is 11.9. The van der Waals surface area contributed by atoms with Gasteiger partial charge in [0, 0.05) is 18.1 Å². The lowest BCUT2D eigenvalue weighted by molar-refractivity contribution is -0.0427. The molecule has 3 aromatic rings. The number of amides is 1. The summed E-state index contributed by atoms with van der Waals surface area (Å²) < 4.78 is 64.4. The van der Waals surface area contributed by atoms with E-state index >= 15 is 0 Å². The fraction of sp³-hybridized carbons (Fsp3) is 0.406. The van der Waals surface area contributed by atoms with Crippen LogP contribution in [-0.2, 0) is 20.4 Å². The number of ether oxygens (including phenoxy) is 1. The molecule has 2 aliphatic heterocycles. The molecule has 44 heavy (non-hydrogen) atoms. The third kappa shape index (κ3) is 5.95. The normalized spacial score (nSPS) is 23.2. The predicted molar refractivity (Wildman–Crippen MR) is 162 cm³/mol. The molecular weight excluding hydrogens is 633 g/mol.